The number of para-hydroxylation sites is 1. The molecule has 0 spiro atoms. The number of hydrogen-bond donors (Lipinski definition) is 1. The van der Waals surface area contributed by atoms with Gasteiger partial charge in [-0.2, -0.15) is 5.10 Å². The monoisotopic (exact) mass is 389 g/mol. The molecule has 1 N–H and O–H groups in total. The van der Waals surface area contributed by atoms with Crippen molar-refractivity contribution in [2.45, 2.75) is 31.7 Å². The SMILES string of the molecule is CCOC(=O)N1CCC(O)(c2cnn(-c3ccccc3)c2C(OC)OC)CC1. The highest BCUT2D eigenvalue weighted by Crippen LogP contribution is 2.38. The second-order valence-electron chi connectivity index (χ2n) is 6.71. The highest BCUT2D eigenvalue weighted by Gasteiger charge is 2.40. The molecular formula is C20H27N3O5. The third-order valence-electron chi connectivity index (χ3n) is 5.08. The Morgan fingerprint density at radius 2 is 1.86 bits per heavy atom. The molecule has 1 aromatic carbocycles. The molecule has 0 bridgehead atoms. The number of piperidine rings is 1. The Bertz CT molecular complexity index is 780. The van der Waals surface area contributed by atoms with Crippen molar-refractivity contribution in [2.75, 3.05) is 33.9 Å². The van der Waals surface area contributed by atoms with E-state index in [9.17, 15) is 9.90 Å². The van der Waals surface area contributed by atoms with Gasteiger partial charge in [-0.15, -0.1) is 0 Å². The predicted octanol–water partition coefficient (Wildman–Crippen LogP) is 2.60. The van der Waals surface area contributed by atoms with Crippen LogP contribution in [0.4, 0.5) is 4.79 Å². The quantitative estimate of drug-likeness (QED) is 0.765. The molecule has 1 aliphatic rings. The number of aromatic nitrogens is 2. The van der Waals surface area contributed by atoms with E-state index in [2.05, 4.69) is 5.10 Å². The van der Waals surface area contributed by atoms with Crippen molar-refractivity contribution in [1.82, 2.24) is 14.7 Å². The maximum atomic E-state index is 12.0. The molecular weight excluding hydrogens is 362 g/mol. The predicted molar refractivity (Wildman–Crippen MR) is 102 cm³/mol. The molecule has 0 radical (unpaired) electrons. The molecule has 1 aliphatic heterocycles. The highest BCUT2D eigenvalue weighted by atomic mass is 16.7. The summed E-state index contributed by atoms with van der Waals surface area (Å²) in [5.41, 5.74) is 0.993. The van der Waals surface area contributed by atoms with Crippen LogP contribution in [-0.4, -0.2) is 59.8 Å². The van der Waals surface area contributed by atoms with Crippen molar-refractivity contribution in [2.24, 2.45) is 0 Å². The molecule has 1 aromatic heterocycles. The Hall–Kier alpha value is -2.42. The van der Waals surface area contributed by atoms with Crippen LogP contribution in [0.25, 0.3) is 5.69 Å². The van der Waals surface area contributed by atoms with Gasteiger partial charge in [-0.25, -0.2) is 9.48 Å². The van der Waals surface area contributed by atoms with Crippen molar-refractivity contribution in [3.63, 3.8) is 0 Å². The molecule has 1 amide bonds. The molecule has 28 heavy (non-hydrogen) atoms. The fourth-order valence-electron chi connectivity index (χ4n) is 3.58. The molecule has 0 aliphatic carbocycles. The number of ether oxygens (including phenoxy) is 3. The molecule has 0 unspecified atom stereocenters. The topological polar surface area (TPSA) is 86.1 Å². The zero-order valence-electron chi connectivity index (χ0n) is 16.5. The zero-order chi connectivity index (χ0) is 20.1. The number of methoxy groups -OCH3 is 2. The lowest BCUT2D eigenvalue weighted by atomic mass is 9.84. The van der Waals surface area contributed by atoms with Crippen LogP contribution < -0.4 is 0 Å². The van der Waals surface area contributed by atoms with E-state index >= 15 is 0 Å². The van der Waals surface area contributed by atoms with E-state index in [4.69, 9.17) is 14.2 Å². The van der Waals surface area contributed by atoms with E-state index in [1.165, 1.54) is 0 Å². The van der Waals surface area contributed by atoms with Gasteiger partial charge in [-0.1, -0.05) is 18.2 Å². The standard InChI is InChI=1S/C20H27N3O5/c1-4-28-19(24)22-12-10-20(25,11-13-22)16-14-21-23(15-8-6-5-7-9-15)17(16)18(26-2)27-3/h5-9,14,18,25H,4,10-13H2,1-3H3. The third kappa shape index (κ3) is 3.89. The largest absolute Gasteiger partial charge is 0.450 e. The van der Waals surface area contributed by atoms with Crippen LogP contribution in [0.3, 0.4) is 0 Å². The Morgan fingerprint density at radius 1 is 1.21 bits per heavy atom. The third-order valence-corrected chi connectivity index (χ3v) is 5.08. The minimum Gasteiger partial charge on any atom is -0.450 e. The number of likely N-dealkylation sites (tertiary alicyclic amines) is 1. The van der Waals surface area contributed by atoms with Gasteiger partial charge in [0.1, 0.15) is 5.69 Å². The number of carbonyl (C=O) groups is 1. The minimum atomic E-state index is -1.14. The van der Waals surface area contributed by atoms with E-state index in [-0.39, 0.29) is 6.09 Å². The molecule has 2 aromatic rings. The summed E-state index contributed by atoms with van der Waals surface area (Å²) in [6, 6.07) is 9.62. The lowest BCUT2D eigenvalue weighted by Crippen LogP contribution is -2.45. The Labute approximate surface area is 164 Å². The van der Waals surface area contributed by atoms with E-state index in [1.54, 1.807) is 36.9 Å². The summed E-state index contributed by atoms with van der Waals surface area (Å²) in [5, 5.41) is 15.9. The number of nitrogens with zero attached hydrogens (tertiary/aromatic N) is 3. The Morgan fingerprint density at radius 3 is 2.43 bits per heavy atom. The molecule has 0 atom stereocenters. The summed E-state index contributed by atoms with van der Waals surface area (Å²) in [7, 11) is 3.10. The second kappa shape index (κ2) is 8.72. The van der Waals surface area contributed by atoms with Gasteiger partial charge < -0.3 is 24.2 Å². The average Bonchev–Trinajstić information content (AvgIpc) is 3.16. The number of aliphatic hydroxyl groups is 1. The van der Waals surface area contributed by atoms with Gasteiger partial charge in [0.15, 0.2) is 0 Å². The van der Waals surface area contributed by atoms with Crippen molar-refractivity contribution in [3.05, 3.63) is 47.8 Å². The lowest BCUT2D eigenvalue weighted by molar-refractivity contribution is -0.113. The van der Waals surface area contributed by atoms with Gasteiger partial charge in [0.25, 0.3) is 0 Å². The van der Waals surface area contributed by atoms with Gasteiger partial charge in [-0.3, -0.25) is 0 Å². The summed E-state index contributed by atoms with van der Waals surface area (Å²) in [4.78, 5) is 13.6. The lowest BCUT2D eigenvalue weighted by Gasteiger charge is -2.38. The first-order chi connectivity index (χ1) is 13.5. The van der Waals surface area contributed by atoms with Gasteiger partial charge in [0.05, 0.1) is 24.1 Å². The zero-order valence-corrected chi connectivity index (χ0v) is 16.5. The van der Waals surface area contributed by atoms with E-state index < -0.39 is 11.9 Å². The Kier molecular flexibility index (Phi) is 6.33. The van der Waals surface area contributed by atoms with Crippen LogP contribution in [0.2, 0.25) is 0 Å². The maximum Gasteiger partial charge on any atom is 0.409 e. The van der Waals surface area contributed by atoms with E-state index in [0.29, 0.717) is 43.8 Å². The van der Waals surface area contributed by atoms with Crippen LogP contribution in [0.15, 0.2) is 36.5 Å². The molecule has 8 heteroatoms. The molecule has 152 valence electrons. The molecule has 1 fully saturated rings. The number of amides is 1. The molecule has 8 nitrogen and oxygen atoms in total. The number of carbonyl (C=O) groups excluding carboxylic acids is 1. The molecule has 3 rings (SSSR count). The first-order valence-corrected chi connectivity index (χ1v) is 9.37. The van der Waals surface area contributed by atoms with E-state index in [1.807, 2.05) is 30.3 Å². The van der Waals surface area contributed by atoms with Gasteiger partial charge in [-0.05, 0) is 31.9 Å². The van der Waals surface area contributed by atoms with Crippen LogP contribution >= 0.6 is 0 Å². The smallest absolute Gasteiger partial charge is 0.409 e. The number of rotatable bonds is 6. The Balaban J connectivity index is 1.93. The minimum absolute atomic E-state index is 0.330. The number of benzene rings is 1. The van der Waals surface area contributed by atoms with Crippen LogP contribution in [-0.2, 0) is 19.8 Å². The summed E-state index contributed by atoms with van der Waals surface area (Å²) in [5.74, 6) is 0. The van der Waals surface area contributed by atoms with Crippen LogP contribution in [0, 0.1) is 0 Å². The molecule has 0 saturated carbocycles. The fourth-order valence-corrected chi connectivity index (χ4v) is 3.58. The van der Waals surface area contributed by atoms with E-state index in [0.717, 1.165) is 5.69 Å². The normalized spacial score (nSPS) is 16.4. The first-order valence-electron chi connectivity index (χ1n) is 9.37. The maximum absolute atomic E-state index is 12.0. The highest BCUT2D eigenvalue weighted by molar-refractivity contribution is 5.67. The second-order valence-corrected chi connectivity index (χ2v) is 6.71. The van der Waals surface area contributed by atoms with Gasteiger partial charge in [0, 0.05) is 32.9 Å². The summed E-state index contributed by atoms with van der Waals surface area (Å²) in [6.45, 7) is 2.90. The molecule has 2 heterocycles. The average molecular weight is 389 g/mol. The summed E-state index contributed by atoms with van der Waals surface area (Å²) < 4.78 is 17.8. The summed E-state index contributed by atoms with van der Waals surface area (Å²) >= 11 is 0. The van der Waals surface area contributed by atoms with Crippen molar-refractivity contribution in [3.8, 4) is 5.69 Å². The van der Waals surface area contributed by atoms with Crippen LogP contribution in [0.5, 0.6) is 0 Å². The van der Waals surface area contributed by atoms with Crippen LogP contribution in [0.1, 0.15) is 37.3 Å². The number of hydrogen-bond acceptors (Lipinski definition) is 6. The van der Waals surface area contributed by atoms with Crippen molar-refractivity contribution in [1.29, 1.82) is 0 Å². The van der Waals surface area contributed by atoms with Crippen molar-refractivity contribution < 1.29 is 24.1 Å². The van der Waals surface area contributed by atoms with Gasteiger partial charge >= 0.3 is 6.09 Å². The molecule has 1 saturated heterocycles. The summed E-state index contributed by atoms with van der Waals surface area (Å²) in [6.07, 6.45) is 1.37. The van der Waals surface area contributed by atoms with Gasteiger partial charge in [0.2, 0.25) is 6.29 Å². The fraction of sp³-hybridized carbons (Fsp3) is 0.500. The van der Waals surface area contributed by atoms with Crippen molar-refractivity contribution >= 4 is 6.09 Å². The first kappa shape index (κ1) is 20.3.